The molecule has 0 unspecified atom stereocenters. The fourth-order valence-electron chi connectivity index (χ4n) is 8.24. The number of nitrogens with zero attached hydrogens (tertiary/aromatic N) is 5. The third kappa shape index (κ3) is 7.37. The minimum absolute atomic E-state index is 0.0631. The SMILES string of the molecule is CC(C)(C)c1ccc2c(c1)c1cc(C(C)(C)C)ccc1n2-c1c(-c2cccc(C#N)c2)cc(-c2cc(-c3ccccc3)nc(-c3ccccc3)n2)cc1-c1cccc(C#N)c1. The van der Waals surface area contributed by atoms with Crippen LogP contribution in [0.15, 0.2) is 164 Å². The van der Waals surface area contributed by atoms with Gasteiger partial charge < -0.3 is 4.57 Å². The monoisotopic (exact) mass is 787 g/mol. The van der Waals surface area contributed by atoms with Gasteiger partial charge in [0.1, 0.15) is 0 Å². The summed E-state index contributed by atoms with van der Waals surface area (Å²) >= 11 is 0. The van der Waals surface area contributed by atoms with Gasteiger partial charge in [-0.15, -0.1) is 0 Å². The first-order chi connectivity index (χ1) is 29.4. The standard InChI is InChI=1S/C56H45N5/c1-55(2,3)43-23-25-51-47(31-43)48-32-44(56(4,5)6)24-26-52(48)61(51)53-45(40-21-13-15-36(27-40)34-57)29-42(30-46(53)41-22-14-16-37(28-41)35-58)50-33-49(38-17-9-7-10-18-38)59-54(60-50)39-19-11-8-12-20-39/h7-33H,1-6H3. The van der Waals surface area contributed by atoms with Crippen LogP contribution in [0.3, 0.4) is 0 Å². The Morgan fingerprint density at radius 3 is 1.33 bits per heavy atom. The van der Waals surface area contributed by atoms with Crippen LogP contribution in [0.25, 0.3) is 83.6 Å². The molecule has 61 heavy (non-hydrogen) atoms. The summed E-state index contributed by atoms with van der Waals surface area (Å²) < 4.78 is 2.39. The molecule has 5 nitrogen and oxygen atoms in total. The van der Waals surface area contributed by atoms with Crippen LogP contribution in [0.1, 0.15) is 63.8 Å². The van der Waals surface area contributed by atoms with Crippen LogP contribution in [0, 0.1) is 22.7 Å². The predicted octanol–water partition coefficient (Wildman–Crippen LogP) is 14.2. The number of hydrogen-bond donors (Lipinski definition) is 0. The van der Waals surface area contributed by atoms with Crippen molar-refractivity contribution in [3.8, 4) is 74.0 Å². The molecule has 0 atom stereocenters. The summed E-state index contributed by atoms with van der Waals surface area (Å²) in [4.78, 5) is 10.4. The molecule has 0 spiro atoms. The summed E-state index contributed by atoms with van der Waals surface area (Å²) in [6, 6.07) is 60.9. The first-order valence-electron chi connectivity index (χ1n) is 20.7. The fourth-order valence-corrected chi connectivity index (χ4v) is 8.24. The Balaban J connectivity index is 1.45. The Labute approximate surface area is 357 Å². The molecule has 5 heteroatoms. The predicted molar refractivity (Wildman–Crippen MR) is 250 cm³/mol. The van der Waals surface area contributed by atoms with Crippen molar-refractivity contribution in [3.63, 3.8) is 0 Å². The Hall–Kier alpha value is -7.60. The van der Waals surface area contributed by atoms with Gasteiger partial charge in [-0.25, -0.2) is 9.97 Å². The van der Waals surface area contributed by atoms with Gasteiger partial charge in [0.25, 0.3) is 0 Å². The van der Waals surface area contributed by atoms with Crippen molar-refractivity contribution >= 4 is 21.8 Å². The van der Waals surface area contributed by atoms with Crippen LogP contribution >= 0.6 is 0 Å². The molecule has 0 fully saturated rings. The van der Waals surface area contributed by atoms with Gasteiger partial charge in [0.2, 0.25) is 0 Å². The van der Waals surface area contributed by atoms with Gasteiger partial charge >= 0.3 is 0 Å². The summed E-state index contributed by atoms with van der Waals surface area (Å²) in [7, 11) is 0. The number of hydrogen-bond acceptors (Lipinski definition) is 4. The minimum Gasteiger partial charge on any atom is -0.308 e. The number of fused-ring (bicyclic) bond motifs is 3. The molecule has 0 bridgehead atoms. The van der Waals surface area contributed by atoms with E-state index >= 15 is 0 Å². The van der Waals surface area contributed by atoms with Crippen LogP contribution in [0.2, 0.25) is 0 Å². The first kappa shape index (κ1) is 38.9. The summed E-state index contributed by atoms with van der Waals surface area (Å²) in [6.07, 6.45) is 0. The number of benzene rings is 7. The second kappa shape index (κ2) is 15.2. The molecule has 0 saturated heterocycles. The molecule has 7 aromatic carbocycles. The van der Waals surface area contributed by atoms with Crippen LogP contribution in [-0.2, 0) is 10.8 Å². The Kier molecular flexibility index (Phi) is 9.70. The Bertz CT molecular complexity index is 3010. The number of nitriles is 2. The maximum absolute atomic E-state index is 10.2. The van der Waals surface area contributed by atoms with E-state index in [4.69, 9.17) is 9.97 Å². The molecular weight excluding hydrogens is 743 g/mol. The zero-order valence-electron chi connectivity index (χ0n) is 35.3. The van der Waals surface area contributed by atoms with E-state index in [0.29, 0.717) is 17.0 Å². The molecule has 294 valence electrons. The maximum atomic E-state index is 10.2. The Morgan fingerprint density at radius 2 is 0.869 bits per heavy atom. The lowest BCUT2D eigenvalue weighted by Gasteiger charge is -2.22. The second-order valence-corrected chi connectivity index (χ2v) is 17.8. The van der Waals surface area contributed by atoms with E-state index in [2.05, 4.69) is 137 Å². The van der Waals surface area contributed by atoms with Crippen LogP contribution in [-0.4, -0.2) is 14.5 Å². The lowest BCUT2D eigenvalue weighted by atomic mass is 9.85. The van der Waals surface area contributed by atoms with Crippen LogP contribution in [0.5, 0.6) is 0 Å². The number of aromatic nitrogens is 3. The molecule has 9 aromatic rings. The van der Waals surface area contributed by atoms with Gasteiger partial charge in [-0.05, 0) is 99.8 Å². The number of rotatable bonds is 6. The molecule has 2 heterocycles. The van der Waals surface area contributed by atoms with E-state index < -0.39 is 0 Å². The zero-order valence-corrected chi connectivity index (χ0v) is 35.3. The van der Waals surface area contributed by atoms with Crippen LogP contribution in [0.4, 0.5) is 0 Å². The average Bonchev–Trinajstić information content (AvgIpc) is 3.61. The van der Waals surface area contributed by atoms with Gasteiger partial charge in [0, 0.05) is 38.6 Å². The molecule has 0 aliphatic carbocycles. The first-order valence-corrected chi connectivity index (χ1v) is 20.7. The van der Waals surface area contributed by atoms with E-state index in [1.54, 1.807) is 0 Å². The summed E-state index contributed by atoms with van der Waals surface area (Å²) in [6.45, 7) is 13.5. The molecule has 0 N–H and O–H groups in total. The normalized spacial score (nSPS) is 11.7. The third-order valence-electron chi connectivity index (χ3n) is 11.6. The Morgan fingerprint density at radius 1 is 0.426 bits per heavy atom. The zero-order chi connectivity index (χ0) is 42.5. The van der Waals surface area contributed by atoms with Crippen molar-refractivity contribution in [1.29, 1.82) is 10.5 Å². The molecule has 0 aliphatic rings. The average molecular weight is 788 g/mol. The third-order valence-corrected chi connectivity index (χ3v) is 11.6. The smallest absolute Gasteiger partial charge is 0.160 e. The van der Waals surface area contributed by atoms with E-state index in [0.717, 1.165) is 67.1 Å². The molecule has 0 saturated carbocycles. The summed E-state index contributed by atoms with van der Waals surface area (Å²) in [5.74, 6) is 0.619. The quantitative estimate of drug-likeness (QED) is 0.168. The summed E-state index contributed by atoms with van der Waals surface area (Å²) in [5.41, 5.74) is 14.6. The molecule has 0 amide bonds. The highest BCUT2D eigenvalue weighted by Crippen LogP contribution is 2.45. The van der Waals surface area contributed by atoms with Gasteiger partial charge in [0.15, 0.2) is 5.82 Å². The maximum Gasteiger partial charge on any atom is 0.160 e. The molecule has 0 aliphatic heterocycles. The topological polar surface area (TPSA) is 78.3 Å². The van der Waals surface area contributed by atoms with Crippen molar-refractivity contribution in [2.45, 2.75) is 52.4 Å². The van der Waals surface area contributed by atoms with Gasteiger partial charge in [-0.2, -0.15) is 10.5 Å². The van der Waals surface area contributed by atoms with E-state index in [9.17, 15) is 10.5 Å². The van der Waals surface area contributed by atoms with Crippen molar-refractivity contribution in [2.24, 2.45) is 0 Å². The van der Waals surface area contributed by atoms with Gasteiger partial charge in [-0.1, -0.05) is 139 Å². The van der Waals surface area contributed by atoms with Crippen molar-refractivity contribution < 1.29 is 0 Å². The second-order valence-electron chi connectivity index (χ2n) is 17.8. The van der Waals surface area contributed by atoms with Gasteiger partial charge in [-0.3, -0.25) is 0 Å². The van der Waals surface area contributed by atoms with Crippen molar-refractivity contribution in [1.82, 2.24) is 14.5 Å². The molecule has 9 rings (SSSR count). The lowest BCUT2D eigenvalue weighted by Crippen LogP contribution is -2.10. The van der Waals surface area contributed by atoms with E-state index in [-0.39, 0.29) is 10.8 Å². The van der Waals surface area contributed by atoms with E-state index in [1.165, 1.54) is 21.9 Å². The molecule has 2 aromatic heterocycles. The molecular formula is C56H45N5. The highest BCUT2D eigenvalue weighted by molar-refractivity contribution is 6.11. The highest BCUT2D eigenvalue weighted by Gasteiger charge is 2.25. The van der Waals surface area contributed by atoms with Crippen molar-refractivity contribution in [3.05, 3.63) is 186 Å². The largest absolute Gasteiger partial charge is 0.308 e. The summed E-state index contributed by atoms with van der Waals surface area (Å²) in [5, 5.41) is 22.8. The lowest BCUT2D eigenvalue weighted by molar-refractivity contribution is 0.590. The minimum atomic E-state index is -0.0631. The van der Waals surface area contributed by atoms with Gasteiger partial charge in [0.05, 0.1) is 51.4 Å². The molecule has 0 radical (unpaired) electrons. The highest BCUT2D eigenvalue weighted by atomic mass is 15.0. The van der Waals surface area contributed by atoms with E-state index in [1.807, 2.05) is 84.9 Å². The van der Waals surface area contributed by atoms with Crippen LogP contribution < -0.4 is 0 Å². The fraction of sp³-hybridized carbons (Fsp3) is 0.143. The van der Waals surface area contributed by atoms with Crippen molar-refractivity contribution in [2.75, 3.05) is 0 Å².